The molecule has 1 heterocycles. The lowest BCUT2D eigenvalue weighted by atomic mass is 10.1. The van der Waals surface area contributed by atoms with E-state index in [0.717, 1.165) is 11.3 Å². The minimum Gasteiger partial charge on any atom is -0.487 e. The van der Waals surface area contributed by atoms with Gasteiger partial charge in [0.2, 0.25) is 0 Å². The highest BCUT2D eigenvalue weighted by molar-refractivity contribution is 5.89. The maximum absolute atomic E-state index is 11.3. The fourth-order valence-corrected chi connectivity index (χ4v) is 1.64. The number of nitrogens with zero attached hydrogens (tertiary/aromatic N) is 1. The number of pyridine rings is 1. The van der Waals surface area contributed by atoms with Crippen molar-refractivity contribution < 1.29 is 14.3 Å². The summed E-state index contributed by atoms with van der Waals surface area (Å²) in [5.41, 5.74) is 7.77. The molecule has 0 atom stereocenters. The third-order valence-corrected chi connectivity index (χ3v) is 2.79. The van der Waals surface area contributed by atoms with Gasteiger partial charge in [-0.3, -0.25) is 4.98 Å². The minimum atomic E-state index is -0.348. The normalized spacial score (nSPS) is 10.1. The van der Waals surface area contributed by atoms with Crippen molar-refractivity contribution in [2.45, 2.75) is 13.2 Å². The molecule has 0 bridgehead atoms. The summed E-state index contributed by atoms with van der Waals surface area (Å²) in [5, 5.41) is 0. The molecule has 0 amide bonds. The van der Waals surface area contributed by atoms with Gasteiger partial charge in [0.1, 0.15) is 12.4 Å². The predicted octanol–water partition coefficient (Wildman–Crippen LogP) is 1.91. The molecule has 2 N–H and O–H groups in total. The average molecular weight is 272 g/mol. The summed E-state index contributed by atoms with van der Waals surface area (Å²) < 4.78 is 10.2. The number of nitrogens with two attached hydrogens (primary N) is 1. The molecule has 0 spiro atoms. The highest BCUT2D eigenvalue weighted by atomic mass is 16.5. The first-order chi connectivity index (χ1) is 9.72. The lowest BCUT2D eigenvalue weighted by Gasteiger charge is -2.07. The quantitative estimate of drug-likeness (QED) is 0.841. The van der Waals surface area contributed by atoms with Crippen molar-refractivity contribution in [1.29, 1.82) is 0 Å². The highest BCUT2D eigenvalue weighted by Crippen LogP contribution is 2.12. The van der Waals surface area contributed by atoms with Gasteiger partial charge in [-0.1, -0.05) is 12.1 Å². The molecule has 5 nitrogen and oxygen atoms in total. The Balaban J connectivity index is 1.94. The Morgan fingerprint density at radius 3 is 2.50 bits per heavy atom. The van der Waals surface area contributed by atoms with Crippen molar-refractivity contribution in [3.8, 4) is 5.75 Å². The molecule has 0 radical (unpaired) electrons. The van der Waals surface area contributed by atoms with Gasteiger partial charge in [0, 0.05) is 6.54 Å². The van der Waals surface area contributed by atoms with Gasteiger partial charge in [-0.2, -0.15) is 0 Å². The van der Waals surface area contributed by atoms with Gasteiger partial charge in [0.25, 0.3) is 0 Å². The Morgan fingerprint density at radius 1 is 1.20 bits per heavy atom. The first-order valence-electron chi connectivity index (χ1n) is 6.18. The predicted molar refractivity (Wildman–Crippen MR) is 74.2 cm³/mol. The summed E-state index contributed by atoms with van der Waals surface area (Å²) in [6.45, 7) is 0.820. The molecular formula is C15H16N2O3. The van der Waals surface area contributed by atoms with Gasteiger partial charge in [-0.25, -0.2) is 4.79 Å². The van der Waals surface area contributed by atoms with Crippen LogP contribution in [-0.2, 0) is 17.9 Å². The lowest BCUT2D eigenvalue weighted by Crippen LogP contribution is -2.02. The molecule has 104 valence electrons. The SMILES string of the molecule is COC(=O)c1ccc(COc2ccc(CN)nc2)cc1. The summed E-state index contributed by atoms with van der Waals surface area (Å²) in [5.74, 6) is 0.332. The van der Waals surface area contributed by atoms with Crippen molar-refractivity contribution in [2.75, 3.05) is 7.11 Å². The third-order valence-electron chi connectivity index (χ3n) is 2.79. The Kier molecular flexibility index (Phi) is 4.68. The average Bonchev–Trinajstić information content (AvgIpc) is 2.53. The molecule has 2 aromatic rings. The number of benzene rings is 1. The first-order valence-corrected chi connectivity index (χ1v) is 6.18. The van der Waals surface area contributed by atoms with E-state index in [1.165, 1.54) is 7.11 Å². The van der Waals surface area contributed by atoms with Crippen LogP contribution >= 0.6 is 0 Å². The zero-order chi connectivity index (χ0) is 14.4. The van der Waals surface area contributed by atoms with Crippen LogP contribution in [0.4, 0.5) is 0 Å². The van der Waals surface area contributed by atoms with E-state index in [0.29, 0.717) is 24.5 Å². The van der Waals surface area contributed by atoms with E-state index in [9.17, 15) is 4.79 Å². The third kappa shape index (κ3) is 3.55. The van der Waals surface area contributed by atoms with Crippen LogP contribution in [0.5, 0.6) is 5.75 Å². The van der Waals surface area contributed by atoms with Gasteiger partial charge in [0.05, 0.1) is 24.6 Å². The van der Waals surface area contributed by atoms with E-state index in [1.54, 1.807) is 18.3 Å². The van der Waals surface area contributed by atoms with Crippen LogP contribution in [0.25, 0.3) is 0 Å². The van der Waals surface area contributed by atoms with Gasteiger partial charge in [0.15, 0.2) is 0 Å². The van der Waals surface area contributed by atoms with Gasteiger partial charge in [-0.05, 0) is 29.8 Å². The second kappa shape index (κ2) is 6.68. The van der Waals surface area contributed by atoms with Crippen LogP contribution in [0, 0.1) is 0 Å². The van der Waals surface area contributed by atoms with Crippen LogP contribution in [-0.4, -0.2) is 18.1 Å². The van der Waals surface area contributed by atoms with Crippen LogP contribution in [0.3, 0.4) is 0 Å². The Labute approximate surface area is 117 Å². The summed E-state index contributed by atoms with van der Waals surface area (Å²) in [6, 6.07) is 10.7. The summed E-state index contributed by atoms with van der Waals surface area (Å²) in [4.78, 5) is 15.4. The number of carbonyl (C=O) groups excluding carboxylic acids is 1. The number of esters is 1. The van der Waals surface area contributed by atoms with E-state index in [2.05, 4.69) is 9.72 Å². The fourth-order valence-electron chi connectivity index (χ4n) is 1.64. The molecule has 0 fully saturated rings. The maximum atomic E-state index is 11.3. The largest absolute Gasteiger partial charge is 0.487 e. The molecular weight excluding hydrogens is 256 g/mol. The number of ether oxygens (including phenoxy) is 2. The number of carbonyl (C=O) groups is 1. The Hall–Kier alpha value is -2.40. The topological polar surface area (TPSA) is 74.4 Å². The van der Waals surface area contributed by atoms with Crippen LogP contribution in [0.2, 0.25) is 0 Å². The molecule has 0 saturated heterocycles. The van der Waals surface area contributed by atoms with Crippen LogP contribution < -0.4 is 10.5 Å². The monoisotopic (exact) mass is 272 g/mol. The minimum absolute atomic E-state index is 0.348. The van der Waals surface area contributed by atoms with E-state index < -0.39 is 0 Å². The van der Waals surface area contributed by atoms with Crippen molar-refractivity contribution in [3.63, 3.8) is 0 Å². The van der Waals surface area contributed by atoms with E-state index >= 15 is 0 Å². The van der Waals surface area contributed by atoms with Crippen LogP contribution in [0.15, 0.2) is 42.6 Å². The van der Waals surface area contributed by atoms with E-state index in [1.807, 2.05) is 24.3 Å². The second-order valence-corrected chi connectivity index (χ2v) is 4.17. The van der Waals surface area contributed by atoms with Gasteiger partial charge >= 0.3 is 5.97 Å². The molecule has 0 saturated carbocycles. The standard InChI is InChI=1S/C15H16N2O3/c1-19-15(18)12-4-2-11(3-5-12)10-20-14-7-6-13(8-16)17-9-14/h2-7,9H,8,10,16H2,1H3. The number of hydrogen-bond acceptors (Lipinski definition) is 5. The second-order valence-electron chi connectivity index (χ2n) is 4.17. The molecule has 0 aliphatic rings. The highest BCUT2D eigenvalue weighted by Gasteiger charge is 2.04. The maximum Gasteiger partial charge on any atom is 0.337 e. The summed E-state index contributed by atoms with van der Waals surface area (Å²) in [7, 11) is 1.36. The van der Waals surface area contributed by atoms with Crippen LogP contribution in [0.1, 0.15) is 21.6 Å². The number of methoxy groups -OCH3 is 1. The van der Waals surface area contributed by atoms with E-state index in [4.69, 9.17) is 10.5 Å². The molecule has 1 aromatic heterocycles. The first kappa shape index (κ1) is 14.0. The van der Waals surface area contributed by atoms with Crippen molar-refractivity contribution in [3.05, 3.63) is 59.4 Å². The van der Waals surface area contributed by atoms with Crippen molar-refractivity contribution >= 4 is 5.97 Å². The Morgan fingerprint density at radius 2 is 1.95 bits per heavy atom. The zero-order valence-corrected chi connectivity index (χ0v) is 11.2. The summed E-state index contributed by atoms with van der Waals surface area (Å²) in [6.07, 6.45) is 1.64. The Bertz CT molecular complexity index is 565. The molecule has 2 rings (SSSR count). The fraction of sp³-hybridized carbons (Fsp3) is 0.200. The van der Waals surface area contributed by atoms with Crippen molar-refractivity contribution in [2.24, 2.45) is 5.73 Å². The molecule has 1 aromatic carbocycles. The lowest BCUT2D eigenvalue weighted by molar-refractivity contribution is 0.0600. The van der Waals surface area contributed by atoms with E-state index in [-0.39, 0.29) is 5.97 Å². The number of aromatic nitrogens is 1. The molecule has 0 aliphatic heterocycles. The van der Waals surface area contributed by atoms with Gasteiger partial charge in [-0.15, -0.1) is 0 Å². The number of rotatable bonds is 5. The number of hydrogen-bond donors (Lipinski definition) is 1. The zero-order valence-electron chi connectivity index (χ0n) is 11.2. The van der Waals surface area contributed by atoms with Crippen molar-refractivity contribution in [1.82, 2.24) is 4.98 Å². The van der Waals surface area contributed by atoms with Gasteiger partial charge < -0.3 is 15.2 Å². The molecule has 0 unspecified atom stereocenters. The summed E-state index contributed by atoms with van der Waals surface area (Å²) >= 11 is 0. The molecule has 0 aliphatic carbocycles. The smallest absolute Gasteiger partial charge is 0.337 e. The molecule has 5 heteroatoms. The molecule has 20 heavy (non-hydrogen) atoms.